The molecular formula is C16H22N2O3. The molecule has 1 aliphatic rings. The van der Waals surface area contributed by atoms with Crippen molar-refractivity contribution >= 4 is 12.0 Å². The summed E-state index contributed by atoms with van der Waals surface area (Å²) in [7, 11) is 0. The monoisotopic (exact) mass is 290 g/mol. The van der Waals surface area contributed by atoms with Gasteiger partial charge < -0.3 is 15.7 Å². The first-order valence-corrected chi connectivity index (χ1v) is 7.43. The SMILES string of the molecule is O=C(O)CCCNC(=O)NCC1CC(c2ccccc2)C1. The van der Waals surface area contributed by atoms with Crippen molar-refractivity contribution in [3.8, 4) is 0 Å². The van der Waals surface area contributed by atoms with Gasteiger partial charge in [0.15, 0.2) is 0 Å². The standard InChI is InChI=1S/C16H22N2O3/c19-15(20)7-4-8-17-16(21)18-11-12-9-14(10-12)13-5-2-1-3-6-13/h1-3,5-6,12,14H,4,7-11H2,(H,19,20)(H2,17,18,21). The van der Waals surface area contributed by atoms with E-state index in [9.17, 15) is 9.59 Å². The summed E-state index contributed by atoms with van der Waals surface area (Å²) in [5, 5.41) is 14.0. The second-order valence-corrected chi connectivity index (χ2v) is 5.58. The fraction of sp³-hybridized carbons (Fsp3) is 0.500. The van der Waals surface area contributed by atoms with Crippen LogP contribution < -0.4 is 10.6 Å². The Labute approximate surface area is 124 Å². The quantitative estimate of drug-likeness (QED) is 0.674. The number of nitrogens with one attached hydrogen (secondary N) is 2. The van der Waals surface area contributed by atoms with Crippen LogP contribution in [-0.2, 0) is 4.79 Å². The zero-order chi connectivity index (χ0) is 15.1. The molecule has 0 aromatic heterocycles. The van der Waals surface area contributed by atoms with Gasteiger partial charge in [-0.2, -0.15) is 0 Å². The molecule has 3 N–H and O–H groups in total. The highest BCUT2D eigenvalue weighted by molar-refractivity contribution is 5.73. The van der Waals surface area contributed by atoms with E-state index in [1.807, 2.05) is 6.07 Å². The van der Waals surface area contributed by atoms with Gasteiger partial charge in [0.2, 0.25) is 0 Å². The molecule has 1 aliphatic carbocycles. The van der Waals surface area contributed by atoms with E-state index in [4.69, 9.17) is 5.11 Å². The lowest BCUT2D eigenvalue weighted by atomic mass is 9.71. The number of aliphatic carboxylic acids is 1. The van der Waals surface area contributed by atoms with Gasteiger partial charge in [0.1, 0.15) is 0 Å². The topological polar surface area (TPSA) is 78.4 Å². The van der Waals surface area contributed by atoms with Crippen molar-refractivity contribution in [2.45, 2.75) is 31.6 Å². The van der Waals surface area contributed by atoms with Crippen LogP contribution in [0.2, 0.25) is 0 Å². The minimum atomic E-state index is -0.835. The van der Waals surface area contributed by atoms with Crippen molar-refractivity contribution in [2.24, 2.45) is 5.92 Å². The normalized spacial score (nSPS) is 20.4. The Balaban J connectivity index is 1.54. The first kappa shape index (κ1) is 15.4. The molecule has 0 aliphatic heterocycles. The number of benzene rings is 1. The molecular weight excluding hydrogens is 268 g/mol. The van der Waals surface area contributed by atoms with Crippen molar-refractivity contribution in [1.82, 2.24) is 10.6 Å². The second-order valence-electron chi connectivity index (χ2n) is 5.58. The number of carbonyl (C=O) groups is 2. The average Bonchev–Trinajstić information content (AvgIpc) is 2.43. The van der Waals surface area contributed by atoms with Gasteiger partial charge in [-0.1, -0.05) is 30.3 Å². The summed E-state index contributed by atoms with van der Waals surface area (Å²) >= 11 is 0. The third kappa shape index (κ3) is 5.10. The van der Waals surface area contributed by atoms with Crippen molar-refractivity contribution in [2.75, 3.05) is 13.1 Å². The molecule has 0 bridgehead atoms. The van der Waals surface area contributed by atoms with Crippen LogP contribution in [0.25, 0.3) is 0 Å². The van der Waals surface area contributed by atoms with Crippen LogP contribution in [0.3, 0.4) is 0 Å². The molecule has 2 amide bonds. The van der Waals surface area contributed by atoms with E-state index >= 15 is 0 Å². The molecule has 1 fully saturated rings. The van der Waals surface area contributed by atoms with Gasteiger partial charge in [0.25, 0.3) is 0 Å². The van der Waals surface area contributed by atoms with E-state index in [1.54, 1.807) is 0 Å². The zero-order valence-electron chi connectivity index (χ0n) is 12.0. The Morgan fingerprint density at radius 3 is 2.52 bits per heavy atom. The van der Waals surface area contributed by atoms with Crippen molar-refractivity contribution in [3.05, 3.63) is 35.9 Å². The summed E-state index contributed by atoms with van der Waals surface area (Å²) in [5.74, 6) is 0.329. The molecule has 1 aromatic rings. The smallest absolute Gasteiger partial charge is 0.314 e. The van der Waals surface area contributed by atoms with Crippen LogP contribution in [0, 0.1) is 5.92 Å². The average molecular weight is 290 g/mol. The van der Waals surface area contributed by atoms with Crippen molar-refractivity contribution in [3.63, 3.8) is 0 Å². The van der Waals surface area contributed by atoms with E-state index in [1.165, 1.54) is 5.56 Å². The summed E-state index contributed by atoms with van der Waals surface area (Å²) in [6.07, 6.45) is 2.77. The number of hydrogen-bond donors (Lipinski definition) is 3. The first-order chi connectivity index (χ1) is 10.1. The number of carbonyl (C=O) groups excluding carboxylic acids is 1. The highest BCUT2D eigenvalue weighted by Gasteiger charge is 2.30. The first-order valence-electron chi connectivity index (χ1n) is 7.43. The van der Waals surface area contributed by atoms with Gasteiger partial charge in [-0.3, -0.25) is 4.79 Å². The molecule has 5 heteroatoms. The Hall–Kier alpha value is -2.04. The lowest BCUT2D eigenvalue weighted by Crippen LogP contribution is -2.41. The molecule has 0 spiro atoms. The molecule has 0 saturated heterocycles. The van der Waals surface area contributed by atoms with Gasteiger partial charge in [-0.15, -0.1) is 0 Å². The van der Waals surface area contributed by atoms with Gasteiger partial charge >= 0.3 is 12.0 Å². The van der Waals surface area contributed by atoms with E-state index in [-0.39, 0.29) is 12.5 Å². The lowest BCUT2D eigenvalue weighted by Gasteiger charge is -2.35. The molecule has 1 aromatic carbocycles. The van der Waals surface area contributed by atoms with E-state index in [2.05, 4.69) is 34.9 Å². The van der Waals surface area contributed by atoms with Crippen molar-refractivity contribution < 1.29 is 14.7 Å². The number of carboxylic acid groups (broad SMARTS) is 1. The zero-order valence-corrected chi connectivity index (χ0v) is 12.0. The van der Waals surface area contributed by atoms with Crippen LogP contribution in [0.1, 0.15) is 37.2 Å². The highest BCUT2D eigenvalue weighted by atomic mass is 16.4. The molecule has 0 heterocycles. The molecule has 2 rings (SSSR count). The second kappa shape index (κ2) is 7.67. The van der Waals surface area contributed by atoms with E-state index in [0.717, 1.165) is 12.8 Å². The predicted molar refractivity (Wildman–Crippen MR) is 80.2 cm³/mol. The maximum atomic E-state index is 11.5. The highest BCUT2D eigenvalue weighted by Crippen LogP contribution is 2.40. The third-order valence-corrected chi connectivity index (χ3v) is 3.91. The van der Waals surface area contributed by atoms with Crippen LogP contribution in [-0.4, -0.2) is 30.2 Å². The molecule has 114 valence electrons. The number of amides is 2. The van der Waals surface area contributed by atoms with Gasteiger partial charge in [0, 0.05) is 19.5 Å². The van der Waals surface area contributed by atoms with Crippen LogP contribution in [0.15, 0.2) is 30.3 Å². The number of hydrogen-bond acceptors (Lipinski definition) is 2. The Bertz CT molecular complexity index is 470. The molecule has 0 radical (unpaired) electrons. The van der Waals surface area contributed by atoms with Crippen LogP contribution >= 0.6 is 0 Å². The van der Waals surface area contributed by atoms with Gasteiger partial charge in [0.05, 0.1) is 0 Å². The number of rotatable bonds is 7. The summed E-state index contributed by atoms with van der Waals surface area (Å²) in [5.41, 5.74) is 1.38. The lowest BCUT2D eigenvalue weighted by molar-refractivity contribution is -0.137. The Morgan fingerprint density at radius 1 is 1.14 bits per heavy atom. The molecule has 21 heavy (non-hydrogen) atoms. The van der Waals surface area contributed by atoms with E-state index in [0.29, 0.717) is 31.3 Å². The van der Waals surface area contributed by atoms with Gasteiger partial charge in [-0.05, 0) is 36.7 Å². The number of urea groups is 1. The maximum Gasteiger partial charge on any atom is 0.314 e. The Morgan fingerprint density at radius 2 is 1.86 bits per heavy atom. The van der Waals surface area contributed by atoms with E-state index < -0.39 is 5.97 Å². The van der Waals surface area contributed by atoms with Crippen LogP contribution in [0.4, 0.5) is 4.79 Å². The molecule has 1 saturated carbocycles. The fourth-order valence-electron chi connectivity index (χ4n) is 2.64. The number of carboxylic acids is 1. The molecule has 0 atom stereocenters. The Kier molecular flexibility index (Phi) is 5.60. The third-order valence-electron chi connectivity index (χ3n) is 3.91. The minimum Gasteiger partial charge on any atom is -0.481 e. The van der Waals surface area contributed by atoms with Crippen LogP contribution in [0.5, 0.6) is 0 Å². The fourth-order valence-corrected chi connectivity index (χ4v) is 2.64. The summed E-state index contributed by atoms with van der Waals surface area (Å²) in [4.78, 5) is 21.8. The molecule has 5 nitrogen and oxygen atoms in total. The maximum absolute atomic E-state index is 11.5. The van der Waals surface area contributed by atoms with Gasteiger partial charge in [-0.25, -0.2) is 4.79 Å². The largest absolute Gasteiger partial charge is 0.481 e. The summed E-state index contributed by atoms with van der Waals surface area (Å²) < 4.78 is 0. The van der Waals surface area contributed by atoms with Crippen molar-refractivity contribution in [1.29, 1.82) is 0 Å². The summed E-state index contributed by atoms with van der Waals surface area (Å²) in [6, 6.07) is 10.3. The summed E-state index contributed by atoms with van der Waals surface area (Å²) in [6.45, 7) is 1.09. The minimum absolute atomic E-state index is 0.0850. The predicted octanol–water partition coefficient (Wildman–Crippen LogP) is 2.34. The molecule has 0 unspecified atom stereocenters.